The Morgan fingerprint density at radius 2 is 1.78 bits per heavy atom. The lowest BCUT2D eigenvalue weighted by Gasteiger charge is -2.15. The van der Waals surface area contributed by atoms with Gasteiger partial charge in [-0.1, -0.05) is 54.1 Å². The van der Waals surface area contributed by atoms with E-state index in [0.29, 0.717) is 11.6 Å². The van der Waals surface area contributed by atoms with E-state index in [4.69, 9.17) is 23.2 Å². The lowest BCUT2D eigenvalue weighted by Crippen LogP contribution is -2.26. The summed E-state index contributed by atoms with van der Waals surface area (Å²) in [6.45, 7) is 0.382. The van der Waals surface area contributed by atoms with Gasteiger partial charge >= 0.3 is 10.2 Å². The zero-order valence-electron chi connectivity index (χ0n) is 14.8. The number of amidine groups is 1. The smallest absolute Gasteiger partial charge is 0.236 e. The van der Waals surface area contributed by atoms with Crippen LogP contribution in [0.3, 0.4) is 0 Å². The molecule has 0 aliphatic carbocycles. The van der Waals surface area contributed by atoms with Crippen LogP contribution in [0.4, 0.5) is 0 Å². The van der Waals surface area contributed by atoms with Gasteiger partial charge in [-0.15, -0.1) is 4.40 Å². The molecule has 0 saturated carbocycles. The molecule has 0 fully saturated rings. The zero-order valence-corrected chi connectivity index (χ0v) is 17.1. The first-order valence-corrected chi connectivity index (χ1v) is 10.3. The molecule has 0 bridgehead atoms. The second-order valence-electron chi connectivity index (χ2n) is 6.16. The number of hydrogen-bond acceptors (Lipinski definition) is 3. The van der Waals surface area contributed by atoms with E-state index in [2.05, 4.69) is 9.50 Å². The molecular formula is C18H18Cl2N4O2S. The van der Waals surface area contributed by atoms with Crippen LogP contribution in [0.5, 0.6) is 0 Å². The molecule has 27 heavy (non-hydrogen) atoms. The minimum Gasteiger partial charge on any atom is -0.236 e. The molecule has 0 spiro atoms. The van der Waals surface area contributed by atoms with Crippen molar-refractivity contribution < 1.29 is 8.42 Å². The molecule has 1 unspecified atom stereocenters. The Morgan fingerprint density at radius 3 is 2.37 bits per heavy atom. The summed E-state index contributed by atoms with van der Waals surface area (Å²) in [6.07, 6.45) is 0. The zero-order chi connectivity index (χ0) is 19.6. The lowest BCUT2D eigenvalue weighted by molar-refractivity contribution is 0.480. The fourth-order valence-electron chi connectivity index (χ4n) is 2.67. The number of hydrazone groups is 1. The largest absolute Gasteiger partial charge is 0.324 e. The van der Waals surface area contributed by atoms with E-state index < -0.39 is 10.2 Å². The molecule has 6 nitrogen and oxygen atoms in total. The second kappa shape index (κ2) is 7.98. The quantitative estimate of drug-likeness (QED) is 0.428. The van der Waals surface area contributed by atoms with Crippen molar-refractivity contribution in [1.29, 1.82) is 0 Å². The maximum absolute atomic E-state index is 12.0. The molecule has 142 valence electrons. The second-order valence-corrected chi connectivity index (χ2v) is 8.74. The van der Waals surface area contributed by atoms with E-state index in [1.165, 1.54) is 19.1 Å². The third kappa shape index (κ3) is 4.50. The summed E-state index contributed by atoms with van der Waals surface area (Å²) >= 11 is 12.2. The summed E-state index contributed by atoms with van der Waals surface area (Å²) < 4.78 is 28.6. The molecule has 0 aromatic heterocycles. The van der Waals surface area contributed by atoms with Crippen molar-refractivity contribution in [3.63, 3.8) is 0 Å². The number of rotatable bonds is 4. The Balaban J connectivity index is 2.01. The fourth-order valence-corrected chi connectivity index (χ4v) is 3.61. The van der Waals surface area contributed by atoms with Gasteiger partial charge in [-0.2, -0.15) is 17.8 Å². The summed E-state index contributed by atoms with van der Waals surface area (Å²) in [4.78, 5) is 0. The van der Waals surface area contributed by atoms with Crippen molar-refractivity contribution in [2.75, 3.05) is 20.6 Å². The maximum Gasteiger partial charge on any atom is 0.324 e. The summed E-state index contributed by atoms with van der Waals surface area (Å²) in [7, 11) is -1.06. The topological polar surface area (TPSA) is 65.3 Å². The van der Waals surface area contributed by atoms with Gasteiger partial charge in [0.25, 0.3) is 0 Å². The molecule has 0 N–H and O–H groups in total. The molecule has 2 aromatic carbocycles. The molecule has 9 heteroatoms. The Morgan fingerprint density at radius 1 is 1.15 bits per heavy atom. The van der Waals surface area contributed by atoms with Crippen molar-refractivity contribution in [2.45, 2.75) is 5.92 Å². The Labute approximate surface area is 168 Å². The van der Waals surface area contributed by atoms with Crippen molar-refractivity contribution >= 4 is 44.4 Å². The van der Waals surface area contributed by atoms with E-state index in [0.717, 1.165) is 21.1 Å². The van der Waals surface area contributed by atoms with Crippen molar-refractivity contribution in [3.8, 4) is 0 Å². The number of benzene rings is 2. The van der Waals surface area contributed by atoms with E-state index >= 15 is 0 Å². The Hall–Kier alpha value is -1.93. The molecular weight excluding hydrogens is 407 g/mol. The predicted octanol–water partition coefficient (Wildman–Crippen LogP) is 3.54. The first-order chi connectivity index (χ1) is 12.8. The maximum atomic E-state index is 12.0. The van der Waals surface area contributed by atoms with Gasteiger partial charge < -0.3 is 0 Å². The van der Waals surface area contributed by atoms with Crippen molar-refractivity contribution in [1.82, 2.24) is 9.31 Å². The van der Waals surface area contributed by atoms with E-state index in [1.54, 1.807) is 12.1 Å². The predicted molar refractivity (Wildman–Crippen MR) is 110 cm³/mol. The summed E-state index contributed by atoms with van der Waals surface area (Å²) in [5, 5.41) is 6.38. The van der Waals surface area contributed by atoms with Crippen molar-refractivity contribution in [2.24, 2.45) is 9.50 Å². The van der Waals surface area contributed by atoms with Gasteiger partial charge in [-0.05, 0) is 34.9 Å². The van der Waals surface area contributed by atoms with Gasteiger partial charge in [0.2, 0.25) is 5.29 Å². The summed E-state index contributed by atoms with van der Waals surface area (Å²) in [5.41, 5.74) is 2.71. The van der Waals surface area contributed by atoms with E-state index in [9.17, 15) is 8.42 Å². The van der Waals surface area contributed by atoms with Gasteiger partial charge in [-0.25, -0.2) is 5.01 Å². The third-order valence-electron chi connectivity index (χ3n) is 4.12. The minimum atomic E-state index is -3.84. The molecule has 3 rings (SSSR count). The SMILES string of the molecule is CN(C)S(=O)(=O)N=C(Cl)N1CC(c2ccccc2)C(c2ccc(Cl)cc2)=N1. The van der Waals surface area contributed by atoms with Crippen LogP contribution in [0.1, 0.15) is 17.0 Å². The van der Waals surface area contributed by atoms with E-state index in [1.807, 2.05) is 42.5 Å². The Kier molecular flexibility index (Phi) is 5.86. The first kappa shape index (κ1) is 19.8. The molecule has 1 aliphatic rings. The van der Waals surface area contributed by atoms with Crippen LogP contribution in [0.25, 0.3) is 0 Å². The van der Waals surface area contributed by atoms with Crippen LogP contribution in [-0.4, -0.2) is 49.4 Å². The number of halogens is 2. The van der Waals surface area contributed by atoms with Crippen LogP contribution in [0.2, 0.25) is 5.02 Å². The summed E-state index contributed by atoms with van der Waals surface area (Å²) in [5.74, 6) is -0.0848. The van der Waals surface area contributed by atoms with Crippen LogP contribution in [0.15, 0.2) is 64.1 Å². The minimum absolute atomic E-state index is 0.0848. The van der Waals surface area contributed by atoms with Crippen LogP contribution in [-0.2, 0) is 10.2 Å². The highest BCUT2D eigenvalue weighted by Crippen LogP contribution is 2.30. The van der Waals surface area contributed by atoms with Crippen LogP contribution < -0.4 is 0 Å². The first-order valence-electron chi connectivity index (χ1n) is 8.13. The van der Waals surface area contributed by atoms with Crippen molar-refractivity contribution in [3.05, 3.63) is 70.7 Å². The average molecular weight is 425 g/mol. The van der Waals surface area contributed by atoms with Gasteiger partial charge in [0.1, 0.15) is 0 Å². The standard InChI is InChI=1S/C18H18Cl2N4O2S/c1-23(2)27(25,26)22-18(20)24-12-16(13-6-4-3-5-7-13)17(21-24)14-8-10-15(19)11-9-14/h3-11,16H,12H2,1-2H3. The molecule has 0 radical (unpaired) electrons. The molecule has 0 saturated heterocycles. The van der Waals surface area contributed by atoms with Gasteiger partial charge in [0.15, 0.2) is 0 Å². The highest BCUT2D eigenvalue weighted by molar-refractivity contribution is 7.88. The van der Waals surface area contributed by atoms with Gasteiger partial charge in [0.05, 0.1) is 12.3 Å². The average Bonchev–Trinajstić information content (AvgIpc) is 3.08. The molecule has 1 heterocycles. The molecule has 0 amide bonds. The highest BCUT2D eigenvalue weighted by atomic mass is 35.5. The monoisotopic (exact) mass is 424 g/mol. The normalized spacial score (nSPS) is 18.1. The fraction of sp³-hybridized carbons (Fsp3) is 0.222. The molecule has 2 aromatic rings. The number of hydrogen-bond donors (Lipinski definition) is 0. The Bertz CT molecular complexity index is 974. The number of nitrogens with zero attached hydrogens (tertiary/aromatic N) is 4. The van der Waals surface area contributed by atoms with Gasteiger partial charge in [0, 0.05) is 25.0 Å². The lowest BCUT2D eigenvalue weighted by atomic mass is 9.91. The highest BCUT2D eigenvalue weighted by Gasteiger charge is 2.31. The third-order valence-corrected chi connectivity index (χ3v) is 6.08. The van der Waals surface area contributed by atoms with Gasteiger partial charge in [-0.3, -0.25) is 0 Å². The van der Waals surface area contributed by atoms with Crippen LogP contribution >= 0.6 is 23.2 Å². The van der Waals surface area contributed by atoms with Crippen LogP contribution in [0, 0.1) is 0 Å². The molecule has 1 aliphatic heterocycles. The summed E-state index contributed by atoms with van der Waals surface area (Å²) in [6, 6.07) is 17.2. The van der Waals surface area contributed by atoms with E-state index in [-0.39, 0.29) is 11.2 Å². The molecule has 1 atom stereocenters.